The summed E-state index contributed by atoms with van der Waals surface area (Å²) in [7, 11) is 0. The number of aliphatic hydroxyl groups excluding tert-OH is 1. The lowest BCUT2D eigenvalue weighted by Gasteiger charge is -2.39. The van der Waals surface area contributed by atoms with Gasteiger partial charge in [0.2, 0.25) is 11.8 Å². The van der Waals surface area contributed by atoms with Crippen LogP contribution in [0.5, 0.6) is 11.5 Å². The number of aromatic hydroxyl groups is 2. The van der Waals surface area contributed by atoms with E-state index in [0.717, 1.165) is 51.4 Å². The summed E-state index contributed by atoms with van der Waals surface area (Å²) in [4.78, 5) is 42.3. The largest absolute Gasteiger partial charge is 0.504 e. The maximum absolute atomic E-state index is 14.1. The zero-order valence-electron chi connectivity index (χ0n) is 26.0. The molecule has 1 heterocycles. The number of phenols is 2. The summed E-state index contributed by atoms with van der Waals surface area (Å²) in [6.07, 6.45) is 8.48. The summed E-state index contributed by atoms with van der Waals surface area (Å²) in [5, 5.41) is 32.9. The fourth-order valence-electron chi connectivity index (χ4n) is 8.80. The minimum absolute atomic E-state index is 0.0766. The zero-order chi connectivity index (χ0) is 30.9. The topological polar surface area (TPSA) is 136 Å². The van der Waals surface area contributed by atoms with Crippen LogP contribution in [-0.4, -0.2) is 69.3 Å². The van der Waals surface area contributed by atoms with E-state index in [1.807, 2.05) is 0 Å². The van der Waals surface area contributed by atoms with Gasteiger partial charge in [0, 0.05) is 13.0 Å². The van der Waals surface area contributed by atoms with Crippen LogP contribution in [0.4, 0.5) is 0 Å². The van der Waals surface area contributed by atoms with Crippen molar-refractivity contribution in [3.05, 3.63) is 23.8 Å². The third-order valence-corrected chi connectivity index (χ3v) is 11.6. The number of aliphatic hydroxyl groups is 1. The zero-order valence-corrected chi connectivity index (χ0v) is 26.0. The molecule has 9 heteroatoms. The van der Waals surface area contributed by atoms with Crippen LogP contribution in [0.2, 0.25) is 0 Å². The number of esters is 1. The first-order chi connectivity index (χ1) is 20.4. The smallest absolute Gasteiger partial charge is 0.328 e. The number of ether oxygens (including phenoxy) is 1. The molecule has 3 aliphatic carbocycles. The average Bonchev–Trinajstić information content (AvgIpc) is 3.22. The van der Waals surface area contributed by atoms with Crippen LogP contribution in [0.25, 0.3) is 0 Å². The summed E-state index contributed by atoms with van der Waals surface area (Å²) >= 11 is 0. The molecular formula is C34H50N2O7. The number of carbonyl (C=O) groups is 3. The molecule has 1 aliphatic heterocycles. The van der Waals surface area contributed by atoms with E-state index < -0.39 is 24.1 Å². The number of phenolic OH excluding ortho intramolecular Hbond substituents is 2. The molecule has 0 bridgehead atoms. The standard InChI is InChI=1S/C34H50N2O7/c1-33(2)29-23(14-16-34(29,33)3)15-18-43-32(42)24-11-7-8-17-36(24)31(41)28(22-9-5-4-6-10-22)35-30(40)27(39)20-21-12-13-25(37)26(38)19-21/h12-13,19,22-24,27-29,37-39H,4-11,14-18,20H2,1-3H3,(H,35,40)/t23?,24-,27+,28-,29?,34?/m0/s1. The maximum Gasteiger partial charge on any atom is 0.328 e. The van der Waals surface area contributed by atoms with Crippen molar-refractivity contribution in [1.29, 1.82) is 0 Å². The Balaban J connectivity index is 1.22. The molecule has 3 saturated carbocycles. The fraction of sp³-hybridized carbons (Fsp3) is 0.735. The van der Waals surface area contributed by atoms with Crippen LogP contribution in [-0.2, 0) is 25.5 Å². The van der Waals surface area contributed by atoms with E-state index in [4.69, 9.17) is 4.74 Å². The molecule has 5 rings (SSSR count). The van der Waals surface area contributed by atoms with Crippen LogP contribution in [0.1, 0.15) is 97.0 Å². The Bertz CT molecular complexity index is 1200. The number of rotatable bonds is 10. The van der Waals surface area contributed by atoms with E-state index in [0.29, 0.717) is 47.8 Å². The van der Waals surface area contributed by atoms with Gasteiger partial charge >= 0.3 is 5.97 Å². The molecular weight excluding hydrogens is 548 g/mol. The van der Waals surface area contributed by atoms with Crippen LogP contribution in [0.3, 0.4) is 0 Å². The Morgan fingerprint density at radius 1 is 1.00 bits per heavy atom. The molecule has 238 valence electrons. The highest BCUT2D eigenvalue weighted by Gasteiger charge is 2.72. The molecule has 43 heavy (non-hydrogen) atoms. The minimum atomic E-state index is -1.45. The van der Waals surface area contributed by atoms with Gasteiger partial charge in [0.25, 0.3) is 0 Å². The number of likely N-dealkylation sites (tertiary alicyclic amines) is 1. The van der Waals surface area contributed by atoms with Gasteiger partial charge in [-0.15, -0.1) is 0 Å². The number of hydrogen-bond donors (Lipinski definition) is 4. The van der Waals surface area contributed by atoms with Crippen molar-refractivity contribution in [3.8, 4) is 11.5 Å². The molecule has 1 aromatic rings. The van der Waals surface area contributed by atoms with Gasteiger partial charge in [-0.05, 0) is 97.6 Å². The Hall–Kier alpha value is -2.81. The van der Waals surface area contributed by atoms with Crippen LogP contribution >= 0.6 is 0 Å². The second kappa shape index (κ2) is 12.7. The van der Waals surface area contributed by atoms with Gasteiger partial charge in [0.1, 0.15) is 18.2 Å². The molecule has 0 spiro atoms. The Kier molecular flexibility index (Phi) is 9.31. The van der Waals surface area contributed by atoms with Crippen LogP contribution in [0.15, 0.2) is 18.2 Å². The molecule has 1 aromatic carbocycles. The van der Waals surface area contributed by atoms with Crippen molar-refractivity contribution >= 4 is 17.8 Å². The van der Waals surface area contributed by atoms with Crippen molar-refractivity contribution in [2.45, 2.75) is 116 Å². The molecule has 0 radical (unpaired) electrons. The van der Waals surface area contributed by atoms with E-state index in [1.165, 1.54) is 31.0 Å². The minimum Gasteiger partial charge on any atom is -0.504 e. The monoisotopic (exact) mass is 598 g/mol. The Morgan fingerprint density at radius 3 is 2.40 bits per heavy atom. The predicted molar refractivity (Wildman–Crippen MR) is 161 cm³/mol. The van der Waals surface area contributed by atoms with E-state index in [1.54, 1.807) is 4.90 Å². The van der Waals surface area contributed by atoms with E-state index in [9.17, 15) is 29.7 Å². The van der Waals surface area contributed by atoms with Gasteiger partial charge in [-0.1, -0.05) is 46.1 Å². The summed E-state index contributed by atoms with van der Waals surface area (Å²) < 4.78 is 5.82. The number of benzene rings is 1. The van der Waals surface area contributed by atoms with Gasteiger partial charge in [0.05, 0.1) is 6.61 Å². The average molecular weight is 599 g/mol. The third-order valence-electron chi connectivity index (χ3n) is 11.6. The lowest BCUT2D eigenvalue weighted by molar-refractivity contribution is -0.159. The van der Waals surface area contributed by atoms with E-state index in [-0.39, 0.29) is 35.7 Å². The number of carbonyl (C=O) groups excluding carboxylic acids is 3. The van der Waals surface area contributed by atoms with E-state index >= 15 is 0 Å². The number of amides is 2. The first kappa shape index (κ1) is 31.6. The second-order valence-corrected chi connectivity index (χ2v) is 14.3. The van der Waals surface area contributed by atoms with Crippen LogP contribution < -0.4 is 5.32 Å². The second-order valence-electron chi connectivity index (χ2n) is 14.3. The van der Waals surface area contributed by atoms with Crippen molar-refractivity contribution in [1.82, 2.24) is 10.2 Å². The SMILES string of the molecule is CC1(C)C2C(CCOC(=O)[C@@H]3CCCCN3C(=O)[C@@H](NC(=O)[C@H](O)Cc3ccc(O)c(O)c3)C3CCCCC3)CCC21C. The summed E-state index contributed by atoms with van der Waals surface area (Å²) in [6, 6.07) is 2.63. The molecule has 6 atom stereocenters. The third kappa shape index (κ3) is 6.38. The Morgan fingerprint density at radius 2 is 1.72 bits per heavy atom. The molecule has 2 amide bonds. The van der Waals surface area contributed by atoms with Crippen LogP contribution in [0, 0.1) is 28.6 Å². The molecule has 9 nitrogen and oxygen atoms in total. The lowest BCUT2D eigenvalue weighted by atomic mass is 9.82. The van der Waals surface area contributed by atoms with Crippen molar-refractivity contribution in [2.24, 2.45) is 28.6 Å². The van der Waals surface area contributed by atoms with Crippen molar-refractivity contribution in [3.63, 3.8) is 0 Å². The summed E-state index contributed by atoms with van der Waals surface area (Å²) in [5.41, 5.74) is 1.24. The fourth-order valence-corrected chi connectivity index (χ4v) is 8.80. The number of hydrogen-bond acceptors (Lipinski definition) is 7. The highest BCUT2D eigenvalue weighted by atomic mass is 16.5. The van der Waals surface area contributed by atoms with Gasteiger partial charge < -0.3 is 30.3 Å². The molecule has 1 saturated heterocycles. The van der Waals surface area contributed by atoms with Crippen molar-refractivity contribution in [2.75, 3.05) is 13.2 Å². The Labute approximate surface area is 255 Å². The van der Waals surface area contributed by atoms with Gasteiger partial charge in [-0.2, -0.15) is 0 Å². The molecule has 3 unspecified atom stereocenters. The predicted octanol–water partition coefficient (Wildman–Crippen LogP) is 4.45. The summed E-state index contributed by atoms with van der Waals surface area (Å²) in [6.45, 7) is 7.88. The van der Waals surface area contributed by atoms with E-state index in [2.05, 4.69) is 26.1 Å². The number of fused-ring (bicyclic) bond motifs is 1. The lowest BCUT2D eigenvalue weighted by Crippen LogP contribution is -2.59. The quantitative estimate of drug-likeness (QED) is 0.231. The maximum atomic E-state index is 14.1. The molecule has 4 aliphatic rings. The molecule has 0 aromatic heterocycles. The van der Waals surface area contributed by atoms with Gasteiger partial charge in [0.15, 0.2) is 11.5 Å². The van der Waals surface area contributed by atoms with Crippen molar-refractivity contribution < 1.29 is 34.4 Å². The number of piperidine rings is 1. The first-order valence-corrected chi connectivity index (χ1v) is 16.4. The highest BCUT2D eigenvalue weighted by Crippen LogP contribution is 2.78. The normalized spacial score (nSPS) is 29.8. The molecule has 4 N–H and O–H groups in total. The number of nitrogens with zero attached hydrogens (tertiary/aromatic N) is 1. The summed E-state index contributed by atoms with van der Waals surface area (Å²) in [5.74, 6) is -0.741. The van der Waals surface area contributed by atoms with Gasteiger partial charge in [-0.3, -0.25) is 9.59 Å². The van der Waals surface area contributed by atoms with Gasteiger partial charge in [-0.25, -0.2) is 4.79 Å². The number of nitrogens with one attached hydrogen (secondary N) is 1. The molecule has 4 fully saturated rings. The first-order valence-electron chi connectivity index (χ1n) is 16.4. The highest BCUT2D eigenvalue weighted by molar-refractivity contribution is 5.92.